The zero-order valence-corrected chi connectivity index (χ0v) is 10.6. The molecule has 0 unspecified atom stereocenters. The molecule has 0 aliphatic rings. The van der Waals surface area contributed by atoms with Gasteiger partial charge in [-0.05, 0) is 18.6 Å². The van der Waals surface area contributed by atoms with Gasteiger partial charge in [-0.25, -0.2) is 13.2 Å². The normalized spacial score (nSPS) is 10.6. The Kier molecular flexibility index (Phi) is 4.07. The second-order valence-corrected chi connectivity index (χ2v) is 4.24. The van der Waals surface area contributed by atoms with Crippen LogP contribution in [0.3, 0.4) is 0 Å². The van der Waals surface area contributed by atoms with Gasteiger partial charge in [0.1, 0.15) is 0 Å². The van der Waals surface area contributed by atoms with Gasteiger partial charge in [-0.1, -0.05) is 13.3 Å². The van der Waals surface area contributed by atoms with Gasteiger partial charge in [0, 0.05) is 17.3 Å². The Labute approximate surface area is 113 Å². The van der Waals surface area contributed by atoms with Crippen molar-refractivity contribution in [1.29, 1.82) is 0 Å². The molecule has 1 amide bonds. The van der Waals surface area contributed by atoms with E-state index in [1.165, 1.54) is 0 Å². The second kappa shape index (κ2) is 5.77. The van der Waals surface area contributed by atoms with Crippen molar-refractivity contribution in [2.24, 2.45) is 0 Å². The maximum absolute atomic E-state index is 13.0. The van der Waals surface area contributed by atoms with Crippen LogP contribution in [0.15, 0.2) is 18.2 Å². The van der Waals surface area contributed by atoms with Crippen LogP contribution in [0.5, 0.6) is 0 Å². The summed E-state index contributed by atoms with van der Waals surface area (Å²) >= 11 is 0. The van der Waals surface area contributed by atoms with E-state index in [0.29, 0.717) is 12.1 Å². The van der Waals surface area contributed by atoms with Gasteiger partial charge in [-0.3, -0.25) is 9.89 Å². The van der Waals surface area contributed by atoms with Crippen LogP contribution in [0.4, 0.5) is 19.0 Å². The Bertz CT molecular complexity index is 617. The van der Waals surface area contributed by atoms with Crippen molar-refractivity contribution >= 4 is 11.7 Å². The third-order valence-corrected chi connectivity index (χ3v) is 2.64. The largest absolute Gasteiger partial charge is 0.305 e. The van der Waals surface area contributed by atoms with E-state index in [2.05, 4.69) is 15.5 Å². The van der Waals surface area contributed by atoms with Gasteiger partial charge in [-0.15, -0.1) is 0 Å². The second-order valence-electron chi connectivity index (χ2n) is 4.24. The van der Waals surface area contributed by atoms with E-state index in [1.54, 1.807) is 6.07 Å². The minimum Gasteiger partial charge on any atom is -0.305 e. The smallest absolute Gasteiger partial charge is 0.257 e. The van der Waals surface area contributed by atoms with E-state index in [0.717, 1.165) is 18.5 Å². The Morgan fingerprint density at radius 1 is 1.25 bits per heavy atom. The van der Waals surface area contributed by atoms with Crippen molar-refractivity contribution in [3.63, 3.8) is 0 Å². The van der Waals surface area contributed by atoms with Gasteiger partial charge in [-0.2, -0.15) is 5.10 Å². The zero-order valence-electron chi connectivity index (χ0n) is 10.6. The highest BCUT2D eigenvalue weighted by atomic mass is 19.2. The number of carbonyl (C=O) groups excluding carboxylic acids is 1. The first-order chi connectivity index (χ1) is 9.51. The molecule has 0 aliphatic heterocycles. The van der Waals surface area contributed by atoms with Crippen molar-refractivity contribution in [2.75, 3.05) is 5.32 Å². The number of halogens is 3. The van der Waals surface area contributed by atoms with Crippen molar-refractivity contribution < 1.29 is 18.0 Å². The summed E-state index contributed by atoms with van der Waals surface area (Å²) in [4.78, 5) is 11.8. The highest BCUT2D eigenvalue weighted by Gasteiger charge is 2.15. The molecule has 0 radical (unpaired) electrons. The molecule has 0 fully saturated rings. The lowest BCUT2D eigenvalue weighted by Gasteiger charge is -2.03. The zero-order chi connectivity index (χ0) is 14.7. The molecule has 0 saturated heterocycles. The predicted octanol–water partition coefficient (Wildman–Crippen LogP) is 3.03. The number of nitrogens with one attached hydrogen (secondary N) is 2. The number of amides is 1. The van der Waals surface area contributed by atoms with E-state index >= 15 is 0 Å². The Morgan fingerprint density at radius 3 is 2.50 bits per heavy atom. The van der Waals surface area contributed by atoms with Crippen molar-refractivity contribution in [2.45, 2.75) is 19.8 Å². The molecule has 1 aromatic heterocycles. The number of carbonyl (C=O) groups is 1. The molecule has 2 rings (SSSR count). The van der Waals surface area contributed by atoms with Gasteiger partial charge in [0.25, 0.3) is 5.91 Å². The van der Waals surface area contributed by atoms with E-state index in [4.69, 9.17) is 0 Å². The summed E-state index contributed by atoms with van der Waals surface area (Å²) in [5.74, 6) is -4.96. The molecular weight excluding hydrogens is 271 g/mol. The van der Waals surface area contributed by atoms with E-state index in [-0.39, 0.29) is 11.4 Å². The van der Waals surface area contributed by atoms with Crippen LogP contribution in [0, 0.1) is 17.5 Å². The standard InChI is InChI=1S/C13H12F3N3O/c1-2-3-8-6-11(19-18-8)17-13(20)7-4-9(14)12(16)10(15)5-7/h4-6H,2-3H2,1H3,(H2,17,18,19,20). The molecule has 2 N–H and O–H groups in total. The lowest BCUT2D eigenvalue weighted by Crippen LogP contribution is -2.13. The molecule has 0 spiro atoms. The number of hydrogen-bond donors (Lipinski definition) is 2. The molecule has 0 aliphatic carbocycles. The average molecular weight is 283 g/mol. The Hall–Kier alpha value is -2.31. The summed E-state index contributed by atoms with van der Waals surface area (Å²) in [5, 5.41) is 8.94. The molecule has 7 heteroatoms. The minimum atomic E-state index is -1.61. The lowest BCUT2D eigenvalue weighted by molar-refractivity contribution is 0.102. The molecular formula is C13H12F3N3O. The SMILES string of the molecule is CCCc1cc(NC(=O)c2cc(F)c(F)c(F)c2)n[nH]1. The van der Waals surface area contributed by atoms with Gasteiger partial charge < -0.3 is 5.32 Å². The number of benzene rings is 1. The maximum atomic E-state index is 13.0. The molecule has 1 heterocycles. The highest BCUT2D eigenvalue weighted by Crippen LogP contribution is 2.15. The summed E-state index contributed by atoms with van der Waals surface area (Å²) in [6.07, 6.45) is 1.67. The summed E-state index contributed by atoms with van der Waals surface area (Å²) in [5.41, 5.74) is 0.515. The third kappa shape index (κ3) is 2.98. The number of nitrogens with zero attached hydrogens (tertiary/aromatic N) is 1. The van der Waals surface area contributed by atoms with Crippen molar-refractivity contribution in [1.82, 2.24) is 10.2 Å². The average Bonchev–Trinajstić information content (AvgIpc) is 2.83. The fourth-order valence-corrected chi connectivity index (χ4v) is 1.70. The minimum absolute atomic E-state index is 0.239. The fraction of sp³-hybridized carbons (Fsp3) is 0.231. The molecule has 0 atom stereocenters. The Balaban J connectivity index is 2.15. The molecule has 4 nitrogen and oxygen atoms in total. The topological polar surface area (TPSA) is 57.8 Å². The van der Waals surface area contributed by atoms with Crippen LogP contribution < -0.4 is 5.32 Å². The van der Waals surface area contributed by atoms with E-state index in [9.17, 15) is 18.0 Å². The van der Waals surface area contributed by atoms with Gasteiger partial charge in [0.15, 0.2) is 23.3 Å². The first kappa shape index (κ1) is 14.1. The van der Waals surface area contributed by atoms with E-state index in [1.807, 2.05) is 6.92 Å². The van der Waals surface area contributed by atoms with Crippen LogP contribution in [0.2, 0.25) is 0 Å². The third-order valence-electron chi connectivity index (χ3n) is 2.64. The first-order valence-electron chi connectivity index (χ1n) is 6.01. The summed E-state index contributed by atoms with van der Waals surface area (Å²) in [6.45, 7) is 1.99. The van der Waals surface area contributed by atoms with Crippen LogP contribution in [-0.4, -0.2) is 16.1 Å². The molecule has 106 valence electrons. The number of H-pyrrole nitrogens is 1. The van der Waals surface area contributed by atoms with Crippen molar-refractivity contribution in [3.05, 3.63) is 46.9 Å². The maximum Gasteiger partial charge on any atom is 0.257 e. The Morgan fingerprint density at radius 2 is 1.90 bits per heavy atom. The molecule has 20 heavy (non-hydrogen) atoms. The number of aryl methyl sites for hydroxylation is 1. The molecule has 0 bridgehead atoms. The van der Waals surface area contributed by atoms with Crippen LogP contribution >= 0.6 is 0 Å². The number of rotatable bonds is 4. The van der Waals surface area contributed by atoms with Gasteiger partial charge >= 0.3 is 0 Å². The summed E-state index contributed by atoms with van der Waals surface area (Å²) in [6, 6.07) is 2.89. The number of anilines is 1. The summed E-state index contributed by atoms with van der Waals surface area (Å²) < 4.78 is 38.8. The van der Waals surface area contributed by atoms with Gasteiger partial charge in [0.05, 0.1) is 0 Å². The first-order valence-corrected chi connectivity index (χ1v) is 6.01. The number of hydrogen-bond acceptors (Lipinski definition) is 2. The van der Waals surface area contributed by atoms with Gasteiger partial charge in [0.2, 0.25) is 0 Å². The molecule has 0 saturated carbocycles. The van der Waals surface area contributed by atoms with E-state index < -0.39 is 23.4 Å². The monoisotopic (exact) mass is 283 g/mol. The molecule has 2 aromatic rings. The number of aromatic amines is 1. The number of aromatic nitrogens is 2. The molecule has 1 aromatic carbocycles. The summed E-state index contributed by atoms with van der Waals surface area (Å²) in [7, 11) is 0. The fourth-order valence-electron chi connectivity index (χ4n) is 1.70. The quantitative estimate of drug-likeness (QED) is 0.847. The lowest BCUT2D eigenvalue weighted by atomic mass is 10.2. The van der Waals surface area contributed by atoms with Crippen LogP contribution in [0.1, 0.15) is 29.4 Å². The highest BCUT2D eigenvalue weighted by molar-refractivity contribution is 6.03. The van der Waals surface area contributed by atoms with Crippen molar-refractivity contribution in [3.8, 4) is 0 Å². The van der Waals surface area contributed by atoms with Crippen LogP contribution in [-0.2, 0) is 6.42 Å². The van der Waals surface area contributed by atoms with Crippen LogP contribution in [0.25, 0.3) is 0 Å². The predicted molar refractivity (Wildman–Crippen MR) is 66.9 cm³/mol.